The lowest BCUT2D eigenvalue weighted by molar-refractivity contribution is -0.139. The van der Waals surface area contributed by atoms with E-state index in [1.54, 1.807) is 35.6 Å². The number of benzene rings is 2. The summed E-state index contributed by atoms with van der Waals surface area (Å²) in [6, 6.07) is 20.1. The van der Waals surface area contributed by atoms with E-state index in [1.165, 1.54) is 0 Å². The fourth-order valence-electron chi connectivity index (χ4n) is 2.51. The van der Waals surface area contributed by atoms with Crippen molar-refractivity contribution in [2.24, 2.45) is 0 Å². The molecule has 30 heavy (non-hydrogen) atoms. The SMILES string of the molecule is O=C(CNC(=O)C(=O)NCCc1cccs1)Nc1ccc(Oc2ccccc2)cc1. The maximum absolute atomic E-state index is 12.0. The van der Waals surface area contributed by atoms with Gasteiger partial charge in [-0.25, -0.2) is 0 Å². The summed E-state index contributed by atoms with van der Waals surface area (Å²) in [5.74, 6) is -0.700. The van der Waals surface area contributed by atoms with Gasteiger partial charge in [0.25, 0.3) is 0 Å². The highest BCUT2D eigenvalue weighted by atomic mass is 32.1. The highest BCUT2D eigenvalue weighted by Crippen LogP contribution is 2.22. The third-order valence-electron chi connectivity index (χ3n) is 3.97. The van der Waals surface area contributed by atoms with E-state index in [-0.39, 0.29) is 6.54 Å². The highest BCUT2D eigenvalue weighted by Gasteiger charge is 2.14. The van der Waals surface area contributed by atoms with Gasteiger partial charge < -0.3 is 20.7 Å². The van der Waals surface area contributed by atoms with Gasteiger partial charge in [-0.1, -0.05) is 24.3 Å². The van der Waals surface area contributed by atoms with Gasteiger partial charge in [0.05, 0.1) is 6.54 Å². The second-order valence-corrected chi connectivity index (χ2v) is 7.29. The van der Waals surface area contributed by atoms with Gasteiger partial charge in [-0.3, -0.25) is 14.4 Å². The Kier molecular flexibility index (Phi) is 7.57. The largest absolute Gasteiger partial charge is 0.457 e. The summed E-state index contributed by atoms with van der Waals surface area (Å²) in [7, 11) is 0. The molecule has 0 aliphatic carbocycles. The Labute approximate surface area is 178 Å². The number of ether oxygens (including phenoxy) is 1. The molecular weight excluding hydrogens is 402 g/mol. The number of hydrogen-bond acceptors (Lipinski definition) is 5. The van der Waals surface area contributed by atoms with Crippen LogP contribution in [0.4, 0.5) is 5.69 Å². The van der Waals surface area contributed by atoms with Gasteiger partial charge in [0.15, 0.2) is 0 Å². The van der Waals surface area contributed by atoms with Crippen LogP contribution in [0.3, 0.4) is 0 Å². The molecule has 1 aromatic heterocycles. The maximum atomic E-state index is 12.0. The summed E-state index contributed by atoms with van der Waals surface area (Å²) >= 11 is 1.59. The third kappa shape index (κ3) is 6.75. The van der Waals surface area contributed by atoms with Crippen LogP contribution in [0.25, 0.3) is 0 Å². The minimum Gasteiger partial charge on any atom is -0.457 e. The fraction of sp³-hybridized carbons (Fsp3) is 0.136. The number of anilines is 1. The minimum atomic E-state index is -0.845. The molecule has 0 aliphatic rings. The molecular formula is C22H21N3O4S. The second kappa shape index (κ2) is 10.8. The van der Waals surface area contributed by atoms with Gasteiger partial charge >= 0.3 is 11.8 Å². The Balaban J connectivity index is 1.37. The van der Waals surface area contributed by atoms with Crippen molar-refractivity contribution >= 4 is 34.7 Å². The van der Waals surface area contributed by atoms with E-state index in [9.17, 15) is 14.4 Å². The van der Waals surface area contributed by atoms with Gasteiger partial charge in [0, 0.05) is 17.1 Å². The van der Waals surface area contributed by atoms with Crippen LogP contribution in [-0.4, -0.2) is 30.8 Å². The van der Waals surface area contributed by atoms with Gasteiger partial charge in [0.1, 0.15) is 11.5 Å². The number of carbonyl (C=O) groups is 3. The molecule has 0 unspecified atom stereocenters. The van der Waals surface area contributed by atoms with Crippen molar-refractivity contribution in [3.8, 4) is 11.5 Å². The van der Waals surface area contributed by atoms with E-state index >= 15 is 0 Å². The van der Waals surface area contributed by atoms with Crippen molar-refractivity contribution in [2.45, 2.75) is 6.42 Å². The quantitative estimate of drug-likeness (QED) is 0.486. The highest BCUT2D eigenvalue weighted by molar-refractivity contribution is 7.09. The van der Waals surface area contributed by atoms with Crippen molar-refractivity contribution in [3.63, 3.8) is 0 Å². The maximum Gasteiger partial charge on any atom is 0.309 e. The third-order valence-corrected chi connectivity index (χ3v) is 4.91. The number of hydrogen-bond donors (Lipinski definition) is 3. The standard InChI is InChI=1S/C22H21N3O4S/c26-20(15-24-22(28)21(27)23-13-12-19-7-4-14-30-19)25-16-8-10-18(11-9-16)29-17-5-2-1-3-6-17/h1-11,14H,12-13,15H2,(H,23,27)(H,24,28)(H,25,26). The molecule has 0 spiro atoms. The number of thiophene rings is 1. The topological polar surface area (TPSA) is 96.5 Å². The molecule has 0 atom stereocenters. The first-order valence-electron chi connectivity index (χ1n) is 9.31. The van der Waals surface area contributed by atoms with Crippen LogP contribution < -0.4 is 20.7 Å². The van der Waals surface area contributed by atoms with E-state index in [0.717, 1.165) is 4.88 Å². The van der Waals surface area contributed by atoms with Crippen LogP contribution >= 0.6 is 11.3 Å². The Bertz CT molecular complexity index is 973. The molecule has 1 heterocycles. The predicted molar refractivity (Wildman–Crippen MR) is 116 cm³/mol. The molecule has 3 N–H and O–H groups in total. The molecule has 0 saturated carbocycles. The summed E-state index contributed by atoms with van der Waals surface area (Å²) in [5, 5.41) is 9.44. The van der Waals surface area contributed by atoms with Crippen LogP contribution in [-0.2, 0) is 20.8 Å². The zero-order valence-electron chi connectivity index (χ0n) is 16.1. The van der Waals surface area contributed by atoms with Crippen LogP contribution in [0.5, 0.6) is 11.5 Å². The zero-order valence-corrected chi connectivity index (χ0v) is 16.9. The first-order chi connectivity index (χ1) is 14.6. The first kappa shape index (κ1) is 21.1. The van der Waals surface area contributed by atoms with Crippen molar-refractivity contribution < 1.29 is 19.1 Å². The summed E-state index contributed by atoms with van der Waals surface area (Å²) < 4.78 is 5.69. The van der Waals surface area contributed by atoms with Gasteiger partial charge in [0.2, 0.25) is 5.91 Å². The van der Waals surface area contributed by atoms with Gasteiger partial charge in [-0.2, -0.15) is 0 Å². The first-order valence-corrected chi connectivity index (χ1v) is 10.2. The van der Waals surface area contributed by atoms with Crippen LogP contribution in [0.2, 0.25) is 0 Å². The van der Waals surface area contributed by atoms with E-state index in [2.05, 4.69) is 16.0 Å². The van der Waals surface area contributed by atoms with Gasteiger partial charge in [-0.15, -0.1) is 11.3 Å². The molecule has 8 heteroatoms. The number of para-hydroxylation sites is 1. The second-order valence-electron chi connectivity index (χ2n) is 6.26. The number of carbonyl (C=O) groups excluding carboxylic acids is 3. The van der Waals surface area contributed by atoms with Crippen molar-refractivity contribution in [1.29, 1.82) is 0 Å². The summed E-state index contributed by atoms with van der Waals surface area (Å²) in [4.78, 5) is 36.7. The Morgan fingerprint density at radius 1 is 0.800 bits per heavy atom. The van der Waals surface area contributed by atoms with Crippen LogP contribution in [0, 0.1) is 0 Å². The summed E-state index contributed by atoms with van der Waals surface area (Å²) in [6.45, 7) is 0.0514. The van der Waals surface area contributed by atoms with Crippen molar-refractivity contribution in [2.75, 3.05) is 18.4 Å². The van der Waals surface area contributed by atoms with Gasteiger partial charge in [-0.05, 0) is 54.3 Å². The Morgan fingerprint density at radius 2 is 1.50 bits per heavy atom. The lowest BCUT2D eigenvalue weighted by atomic mass is 10.3. The molecule has 0 saturated heterocycles. The minimum absolute atomic E-state index is 0.306. The molecule has 154 valence electrons. The normalized spacial score (nSPS) is 10.1. The Hall–Kier alpha value is -3.65. The molecule has 0 fully saturated rings. The monoisotopic (exact) mass is 423 g/mol. The number of amides is 3. The molecule has 2 aromatic carbocycles. The molecule has 3 rings (SSSR count). The summed E-state index contributed by atoms with van der Waals surface area (Å²) in [6.07, 6.45) is 0.654. The average molecular weight is 423 g/mol. The lowest BCUT2D eigenvalue weighted by Gasteiger charge is -2.09. The van der Waals surface area contributed by atoms with Crippen LogP contribution in [0.15, 0.2) is 72.1 Å². The smallest absolute Gasteiger partial charge is 0.309 e. The fourth-order valence-corrected chi connectivity index (χ4v) is 3.22. The van der Waals surface area contributed by atoms with E-state index in [1.807, 2.05) is 47.8 Å². The average Bonchev–Trinajstić information content (AvgIpc) is 3.27. The molecule has 0 bridgehead atoms. The molecule has 0 radical (unpaired) electrons. The number of nitrogens with one attached hydrogen (secondary N) is 3. The molecule has 3 amide bonds. The number of rotatable bonds is 8. The summed E-state index contributed by atoms with van der Waals surface area (Å²) in [5.41, 5.74) is 0.551. The Morgan fingerprint density at radius 3 is 2.20 bits per heavy atom. The van der Waals surface area contributed by atoms with E-state index in [0.29, 0.717) is 30.2 Å². The van der Waals surface area contributed by atoms with E-state index < -0.39 is 17.7 Å². The zero-order chi connectivity index (χ0) is 21.2. The molecule has 3 aromatic rings. The van der Waals surface area contributed by atoms with E-state index in [4.69, 9.17) is 4.74 Å². The molecule has 7 nitrogen and oxygen atoms in total. The van der Waals surface area contributed by atoms with Crippen molar-refractivity contribution in [3.05, 3.63) is 77.0 Å². The van der Waals surface area contributed by atoms with Crippen molar-refractivity contribution in [1.82, 2.24) is 10.6 Å². The van der Waals surface area contributed by atoms with Crippen LogP contribution in [0.1, 0.15) is 4.88 Å². The lowest BCUT2D eigenvalue weighted by Crippen LogP contribution is -2.43. The molecule has 0 aliphatic heterocycles. The predicted octanol–water partition coefficient (Wildman–Crippen LogP) is 2.95.